The SMILES string of the molecule is CC(C)(Oc1ccccc1[N+](=O)[O-])C(=O)C(N)(C(=O)Cc1ccccc1)C(N)c1ccccc1. The van der Waals surface area contributed by atoms with Gasteiger partial charge in [-0.15, -0.1) is 0 Å². The maximum atomic E-state index is 13.9. The third-order valence-corrected chi connectivity index (χ3v) is 5.67. The lowest BCUT2D eigenvalue weighted by atomic mass is 9.73. The Labute approximate surface area is 197 Å². The van der Waals surface area contributed by atoms with Crippen LogP contribution in [0.25, 0.3) is 0 Å². The van der Waals surface area contributed by atoms with E-state index >= 15 is 0 Å². The number of ketones is 2. The summed E-state index contributed by atoms with van der Waals surface area (Å²) in [7, 11) is 0. The van der Waals surface area contributed by atoms with Gasteiger partial charge in [-0.2, -0.15) is 0 Å². The Balaban J connectivity index is 2.03. The number of para-hydroxylation sites is 2. The molecule has 0 amide bonds. The number of rotatable bonds is 10. The van der Waals surface area contributed by atoms with Gasteiger partial charge in [-0.3, -0.25) is 19.7 Å². The van der Waals surface area contributed by atoms with Crippen molar-refractivity contribution < 1.29 is 19.2 Å². The molecule has 3 aromatic carbocycles. The van der Waals surface area contributed by atoms with Gasteiger partial charge in [-0.05, 0) is 31.0 Å². The second-order valence-electron chi connectivity index (χ2n) is 8.51. The van der Waals surface area contributed by atoms with E-state index in [2.05, 4.69) is 0 Å². The van der Waals surface area contributed by atoms with E-state index in [9.17, 15) is 19.7 Å². The van der Waals surface area contributed by atoms with Crippen LogP contribution in [0.15, 0.2) is 84.9 Å². The quantitative estimate of drug-likeness (QED) is 0.267. The summed E-state index contributed by atoms with van der Waals surface area (Å²) < 4.78 is 5.81. The third kappa shape index (κ3) is 5.03. The molecule has 0 saturated heterocycles. The summed E-state index contributed by atoms with van der Waals surface area (Å²) in [5.41, 5.74) is 10.1. The van der Waals surface area contributed by atoms with E-state index < -0.39 is 33.7 Å². The highest BCUT2D eigenvalue weighted by atomic mass is 16.6. The molecule has 0 bridgehead atoms. The molecule has 4 N–H and O–H groups in total. The highest BCUT2D eigenvalue weighted by Gasteiger charge is 2.53. The second-order valence-corrected chi connectivity index (χ2v) is 8.51. The average molecular weight is 462 g/mol. The molecule has 0 aliphatic rings. The maximum absolute atomic E-state index is 13.9. The van der Waals surface area contributed by atoms with Gasteiger partial charge in [0.15, 0.2) is 22.7 Å². The van der Waals surface area contributed by atoms with E-state index in [0.29, 0.717) is 11.1 Å². The fraction of sp³-hybridized carbons (Fsp3) is 0.231. The van der Waals surface area contributed by atoms with Crippen molar-refractivity contribution in [2.45, 2.75) is 37.5 Å². The number of Topliss-reactive ketones (excluding diaryl/α,β-unsaturated/α-hetero) is 2. The average Bonchev–Trinajstić information content (AvgIpc) is 2.83. The van der Waals surface area contributed by atoms with Gasteiger partial charge in [-0.25, -0.2) is 0 Å². The first-order valence-corrected chi connectivity index (χ1v) is 10.7. The summed E-state index contributed by atoms with van der Waals surface area (Å²) in [4.78, 5) is 38.3. The van der Waals surface area contributed by atoms with Crippen LogP contribution in [-0.2, 0) is 16.0 Å². The molecule has 2 atom stereocenters. The molecule has 0 radical (unpaired) electrons. The number of benzene rings is 3. The number of carbonyl (C=O) groups is 2. The van der Waals surface area contributed by atoms with Crippen molar-refractivity contribution in [2.24, 2.45) is 11.5 Å². The highest BCUT2D eigenvalue weighted by Crippen LogP contribution is 2.34. The Hall–Kier alpha value is -3.88. The number of ether oxygens (including phenoxy) is 1. The summed E-state index contributed by atoms with van der Waals surface area (Å²) in [5, 5.41) is 11.4. The Morgan fingerprint density at radius 1 is 0.941 bits per heavy atom. The molecular formula is C26H27N3O5. The summed E-state index contributed by atoms with van der Waals surface area (Å²) >= 11 is 0. The van der Waals surface area contributed by atoms with Gasteiger partial charge in [0.1, 0.15) is 0 Å². The van der Waals surface area contributed by atoms with Crippen LogP contribution >= 0.6 is 0 Å². The third-order valence-electron chi connectivity index (χ3n) is 5.67. The Morgan fingerprint density at radius 2 is 1.47 bits per heavy atom. The van der Waals surface area contributed by atoms with Crippen molar-refractivity contribution >= 4 is 17.3 Å². The lowest BCUT2D eigenvalue weighted by molar-refractivity contribution is -0.386. The summed E-state index contributed by atoms with van der Waals surface area (Å²) in [6.07, 6.45) is -0.120. The van der Waals surface area contributed by atoms with Crippen LogP contribution in [-0.4, -0.2) is 27.6 Å². The van der Waals surface area contributed by atoms with Crippen LogP contribution in [0, 0.1) is 10.1 Å². The van der Waals surface area contributed by atoms with Crippen molar-refractivity contribution in [3.8, 4) is 5.75 Å². The van der Waals surface area contributed by atoms with E-state index in [1.807, 2.05) is 6.07 Å². The minimum atomic E-state index is -2.16. The van der Waals surface area contributed by atoms with Crippen LogP contribution in [0.2, 0.25) is 0 Å². The monoisotopic (exact) mass is 461 g/mol. The number of nitro groups is 1. The number of nitro benzene ring substituents is 1. The van der Waals surface area contributed by atoms with Gasteiger partial charge >= 0.3 is 5.69 Å². The van der Waals surface area contributed by atoms with E-state index in [4.69, 9.17) is 16.2 Å². The molecule has 3 rings (SSSR count). The van der Waals surface area contributed by atoms with Crippen molar-refractivity contribution in [1.29, 1.82) is 0 Å². The van der Waals surface area contributed by atoms with Crippen LogP contribution in [0.5, 0.6) is 5.75 Å². The zero-order valence-electron chi connectivity index (χ0n) is 19.0. The maximum Gasteiger partial charge on any atom is 0.310 e. The fourth-order valence-electron chi connectivity index (χ4n) is 3.81. The number of nitrogens with zero attached hydrogens (tertiary/aromatic N) is 1. The van der Waals surface area contributed by atoms with Gasteiger partial charge in [-0.1, -0.05) is 72.8 Å². The van der Waals surface area contributed by atoms with Crippen LogP contribution < -0.4 is 16.2 Å². The molecule has 8 nitrogen and oxygen atoms in total. The molecule has 0 saturated carbocycles. The second kappa shape index (κ2) is 9.94. The molecule has 0 aliphatic heterocycles. The van der Waals surface area contributed by atoms with Crippen LogP contribution in [0.1, 0.15) is 31.0 Å². The molecule has 0 heterocycles. The molecule has 34 heavy (non-hydrogen) atoms. The zero-order chi connectivity index (χ0) is 24.9. The predicted molar refractivity (Wildman–Crippen MR) is 128 cm³/mol. The number of hydrogen-bond acceptors (Lipinski definition) is 7. The molecule has 0 fully saturated rings. The Morgan fingerprint density at radius 3 is 2.06 bits per heavy atom. The first kappa shape index (κ1) is 24.8. The summed E-state index contributed by atoms with van der Waals surface area (Å²) in [5.74, 6) is -1.48. The first-order valence-electron chi connectivity index (χ1n) is 10.7. The van der Waals surface area contributed by atoms with E-state index in [1.165, 1.54) is 32.0 Å². The Kier molecular flexibility index (Phi) is 7.24. The molecular weight excluding hydrogens is 434 g/mol. The minimum Gasteiger partial charge on any atom is -0.473 e. The standard InChI is InChI=1S/C26H27N3O5/c1-25(2,34-21-16-10-9-15-20(21)29(32)33)24(31)26(28,23(27)19-13-7-4-8-14-19)22(30)17-18-11-5-3-6-12-18/h3-16,23H,17,27-28H2,1-2H3. The summed E-state index contributed by atoms with van der Waals surface area (Å²) in [6, 6.07) is 22.0. The lowest BCUT2D eigenvalue weighted by Gasteiger charge is -2.38. The molecule has 8 heteroatoms. The van der Waals surface area contributed by atoms with Crippen molar-refractivity contribution in [1.82, 2.24) is 0 Å². The topological polar surface area (TPSA) is 139 Å². The largest absolute Gasteiger partial charge is 0.473 e. The smallest absolute Gasteiger partial charge is 0.310 e. The summed E-state index contributed by atoms with van der Waals surface area (Å²) in [6.45, 7) is 2.84. The Bertz CT molecular complexity index is 1180. The first-order chi connectivity index (χ1) is 16.1. The predicted octanol–water partition coefficient (Wildman–Crippen LogP) is 3.53. The van der Waals surface area contributed by atoms with Gasteiger partial charge in [0.05, 0.1) is 11.0 Å². The number of nitrogens with two attached hydrogens (primary N) is 2. The molecule has 0 aromatic heterocycles. The van der Waals surface area contributed by atoms with Gasteiger partial charge in [0, 0.05) is 12.5 Å². The highest BCUT2D eigenvalue weighted by molar-refractivity contribution is 6.15. The van der Waals surface area contributed by atoms with Crippen molar-refractivity contribution in [2.75, 3.05) is 0 Å². The minimum absolute atomic E-state index is 0.114. The molecule has 176 valence electrons. The fourth-order valence-corrected chi connectivity index (χ4v) is 3.81. The number of hydrogen-bond donors (Lipinski definition) is 2. The van der Waals surface area contributed by atoms with Gasteiger partial charge in [0.2, 0.25) is 5.78 Å². The molecule has 2 unspecified atom stereocenters. The van der Waals surface area contributed by atoms with Crippen molar-refractivity contribution in [3.05, 3.63) is 106 Å². The van der Waals surface area contributed by atoms with Gasteiger partial charge in [0.25, 0.3) is 0 Å². The zero-order valence-corrected chi connectivity index (χ0v) is 19.0. The lowest BCUT2D eigenvalue weighted by Crippen LogP contribution is -2.67. The molecule has 0 spiro atoms. The normalized spacial score (nSPS) is 14.0. The van der Waals surface area contributed by atoms with Crippen molar-refractivity contribution in [3.63, 3.8) is 0 Å². The van der Waals surface area contributed by atoms with E-state index in [0.717, 1.165) is 0 Å². The van der Waals surface area contributed by atoms with Gasteiger partial charge < -0.3 is 16.2 Å². The molecule has 3 aromatic rings. The number of carbonyl (C=O) groups excluding carboxylic acids is 2. The van der Waals surface area contributed by atoms with Crippen LogP contribution in [0.3, 0.4) is 0 Å². The molecule has 0 aliphatic carbocycles. The van der Waals surface area contributed by atoms with Crippen LogP contribution in [0.4, 0.5) is 5.69 Å². The van der Waals surface area contributed by atoms with E-state index in [-0.39, 0.29) is 17.9 Å². The van der Waals surface area contributed by atoms with E-state index in [1.54, 1.807) is 60.7 Å².